The maximum Gasteiger partial charge on any atom is 0.0468 e. The van der Waals surface area contributed by atoms with Gasteiger partial charge in [-0.2, -0.15) is 0 Å². The molecule has 8 aromatic rings. The first kappa shape index (κ1) is 30.9. The largest absolute Gasteiger partial charge is 0.310 e. The minimum absolute atomic E-state index is 0.208. The van der Waals surface area contributed by atoms with Crippen molar-refractivity contribution in [2.75, 3.05) is 9.80 Å². The number of anilines is 6. The average Bonchev–Trinajstić information content (AvgIpc) is 3.37. The second-order valence-electron chi connectivity index (χ2n) is 14.5. The third-order valence-corrected chi connectivity index (χ3v) is 10.7. The first-order valence-corrected chi connectivity index (χ1v) is 17.8. The Morgan fingerprint density at radius 1 is 0.333 bits per heavy atom. The van der Waals surface area contributed by atoms with Gasteiger partial charge < -0.3 is 9.80 Å². The molecule has 0 heterocycles. The molecule has 0 amide bonds. The standard InChI is InChI=1S/C49H40N2/c1-33-11-9-17-39(27-33)50(41-21-19-35-13-5-7-15-37(35)29-41)43-23-25-45-46-26-24-44(32-48(46)49(3,4)47(45)31-43)51(40-18-10-12-34(2)28-40)42-22-20-36-14-6-8-16-38(36)30-42/h5-32H,1-4H3. The third kappa shape index (κ3) is 5.36. The maximum absolute atomic E-state index is 2.42. The Hall–Kier alpha value is -6.12. The molecule has 246 valence electrons. The van der Waals surface area contributed by atoms with Crippen molar-refractivity contribution in [1.29, 1.82) is 0 Å². The Balaban J connectivity index is 1.17. The summed E-state index contributed by atoms with van der Waals surface area (Å²) < 4.78 is 0. The van der Waals surface area contributed by atoms with Crippen LogP contribution in [0.3, 0.4) is 0 Å². The third-order valence-electron chi connectivity index (χ3n) is 10.7. The zero-order valence-corrected chi connectivity index (χ0v) is 29.6. The Morgan fingerprint density at radius 3 is 1.14 bits per heavy atom. The summed E-state index contributed by atoms with van der Waals surface area (Å²) in [6.45, 7) is 9.09. The monoisotopic (exact) mass is 656 g/mol. The van der Waals surface area contributed by atoms with Gasteiger partial charge in [0.05, 0.1) is 0 Å². The van der Waals surface area contributed by atoms with E-state index in [1.807, 2.05) is 0 Å². The molecular formula is C49H40N2. The lowest BCUT2D eigenvalue weighted by Gasteiger charge is -2.29. The number of nitrogens with zero attached hydrogens (tertiary/aromatic N) is 2. The molecule has 1 aliphatic rings. The summed E-state index contributed by atoms with van der Waals surface area (Å²) in [5.74, 6) is 0. The molecule has 8 aromatic carbocycles. The number of hydrogen-bond donors (Lipinski definition) is 0. The summed E-state index contributed by atoms with van der Waals surface area (Å²) in [4.78, 5) is 4.81. The van der Waals surface area contributed by atoms with E-state index in [0.29, 0.717) is 0 Å². The summed E-state index contributed by atoms with van der Waals surface area (Å²) in [7, 11) is 0. The first-order chi connectivity index (χ1) is 24.8. The van der Waals surface area contributed by atoms with Crippen LogP contribution in [0.15, 0.2) is 170 Å². The number of hydrogen-bond acceptors (Lipinski definition) is 2. The van der Waals surface area contributed by atoms with Crippen molar-refractivity contribution in [2.24, 2.45) is 0 Å². The minimum atomic E-state index is -0.208. The zero-order chi connectivity index (χ0) is 34.7. The van der Waals surface area contributed by atoms with Crippen molar-refractivity contribution in [3.63, 3.8) is 0 Å². The van der Waals surface area contributed by atoms with Crippen LogP contribution in [0, 0.1) is 13.8 Å². The molecule has 9 rings (SSSR count). The van der Waals surface area contributed by atoms with Gasteiger partial charge in [0.15, 0.2) is 0 Å². The van der Waals surface area contributed by atoms with E-state index >= 15 is 0 Å². The fraction of sp³-hybridized carbons (Fsp3) is 0.102. The minimum Gasteiger partial charge on any atom is -0.310 e. The molecule has 0 saturated carbocycles. The van der Waals surface area contributed by atoms with E-state index in [-0.39, 0.29) is 5.41 Å². The van der Waals surface area contributed by atoms with Crippen molar-refractivity contribution >= 4 is 55.7 Å². The van der Waals surface area contributed by atoms with Crippen LogP contribution in [0.5, 0.6) is 0 Å². The zero-order valence-electron chi connectivity index (χ0n) is 29.6. The summed E-state index contributed by atoms with van der Waals surface area (Å²) in [6.07, 6.45) is 0. The number of fused-ring (bicyclic) bond motifs is 5. The van der Waals surface area contributed by atoms with Crippen molar-refractivity contribution in [3.05, 3.63) is 192 Å². The van der Waals surface area contributed by atoms with Crippen LogP contribution in [-0.4, -0.2) is 0 Å². The normalized spacial score (nSPS) is 12.9. The van der Waals surface area contributed by atoms with E-state index < -0.39 is 0 Å². The maximum atomic E-state index is 2.42. The summed E-state index contributed by atoms with van der Waals surface area (Å²) >= 11 is 0. The van der Waals surface area contributed by atoms with E-state index in [0.717, 1.165) is 34.1 Å². The van der Waals surface area contributed by atoms with Crippen LogP contribution in [0.1, 0.15) is 36.1 Å². The lowest BCUT2D eigenvalue weighted by molar-refractivity contribution is 0.660. The van der Waals surface area contributed by atoms with Gasteiger partial charge in [-0.05, 0) is 142 Å². The van der Waals surface area contributed by atoms with Crippen molar-refractivity contribution in [3.8, 4) is 11.1 Å². The van der Waals surface area contributed by atoms with E-state index in [9.17, 15) is 0 Å². The molecule has 51 heavy (non-hydrogen) atoms. The lowest BCUT2D eigenvalue weighted by atomic mass is 9.82. The average molecular weight is 657 g/mol. The Labute approximate surface area is 300 Å². The molecule has 0 spiro atoms. The Bertz CT molecular complexity index is 2430. The van der Waals surface area contributed by atoms with Gasteiger partial charge in [0.1, 0.15) is 0 Å². The van der Waals surface area contributed by atoms with Gasteiger partial charge in [0, 0.05) is 39.5 Å². The van der Waals surface area contributed by atoms with E-state index in [2.05, 4.69) is 207 Å². The van der Waals surface area contributed by atoms with Gasteiger partial charge in [-0.1, -0.05) is 111 Å². The second-order valence-corrected chi connectivity index (χ2v) is 14.5. The molecular weight excluding hydrogens is 617 g/mol. The fourth-order valence-electron chi connectivity index (χ4n) is 8.05. The predicted octanol–water partition coefficient (Wildman–Crippen LogP) is 13.9. The van der Waals surface area contributed by atoms with E-state index in [4.69, 9.17) is 0 Å². The second kappa shape index (κ2) is 12.0. The highest BCUT2D eigenvalue weighted by Crippen LogP contribution is 2.52. The highest BCUT2D eigenvalue weighted by molar-refractivity contribution is 5.93. The number of benzene rings is 8. The van der Waals surface area contributed by atoms with Crippen LogP contribution < -0.4 is 9.80 Å². The highest BCUT2D eigenvalue weighted by atomic mass is 15.1. The molecule has 0 unspecified atom stereocenters. The predicted molar refractivity (Wildman–Crippen MR) is 218 cm³/mol. The molecule has 0 atom stereocenters. The molecule has 0 aromatic heterocycles. The molecule has 0 fully saturated rings. The first-order valence-electron chi connectivity index (χ1n) is 17.8. The molecule has 0 bridgehead atoms. The lowest BCUT2D eigenvalue weighted by Crippen LogP contribution is -2.17. The van der Waals surface area contributed by atoms with Crippen molar-refractivity contribution in [2.45, 2.75) is 33.1 Å². The van der Waals surface area contributed by atoms with Gasteiger partial charge >= 0.3 is 0 Å². The van der Waals surface area contributed by atoms with Crippen molar-refractivity contribution in [1.82, 2.24) is 0 Å². The van der Waals surface area contributed by atoms with Crippen molar-refractivity contribution < 1.29 is 0 Å². The summed E-state index contributed by atoms with van der Waals surface area (Å²) in [6, 6.07) is 62.5. The van der Waals surface area contributed by atoms with E-state index in [1.165, 1.54) is 54.9 Å². The SMILES string of the molecule is Cc1cccc(N(c2ccc3c(c2)C(C)(C)c2cc(N(c4cccc(C)c4)c4ccc5ccccc5c4)ccc2-3)c2ccc3ccccc3c2)c1. The van der Waals surface area contributed by atoms with Crippen LogP contribution in [0.4, 0.5) is 34.1 Å². The van der Waals surface area contributed by atoms with Gasteiger partial charge in [-0.15, -0.1) is 0 Å². The molecule has 0 radical (unpaired) electrons. The quantitative estimate of drug-likeness (QED) is 0.176. The number of rotatable bonds is 6. The van der Waals surface area contributed by atoms with Crippen LogP contribution in [0.2, 0.25) is 0 Å². The van der Waals surface area contributed by atoms with Gasteiger partial charge in [0.25, 0.3) is 0 Å². The van der Waals surface area contributed by atoms with Gasteiger partial charge in [-0.25, -0.2) is 0 Å². The Morgan fingerprint density at radius 2 is 0.706 bits per heavy atom. The molecule has 0 saturated heterocycles. The fourth-order valence-corrected chi connectivity index (χ4v) is 8.05. The van der Waals surface area contributed by atoms with Gasteiger partial charge in [-0.3, -0.25) is 0 Å². The molecule has 1 aliphatic carbocycles. The topological polar surface area (TPSA) is 6.48 Å². The Kier molecular flexibility index (Phi) is 7.29. The summed E-state index contributed by atoms with van der Waals surface area (Å²) in [5, 5.41) is 4.96. The van der Waals surface area contributed by atoms with E-state index in [1.54, 1.807) is 0 Å². The molecule has 0 N–H and O–H groups in total. The summed E-state index contributed by atoms with van der Waals surface area (Å²) in [5.41, 5.74) is 14.5. The van der Waals surface area contributed by atoms with Crippen LogP contribution in [0.25, 0.3) is 32.7 Å². The molecule has 2 nitrogen and oxygen atoms in total. The van der Waals surface area contributed by atoms with Crippen LogP contribution >= 0.6 is 0 Å². The number of aryl methyl sites for hydroxylation is 2. The van der Waals surface area contributed by atoms with Gasteiger partial charge in [0.2, 0.25) is 0 Å². The highest BCUT2D eigenvalue weighted by Gasteiger charge is 2.37. The smallest absolute Gasteiger partial charge is 0.0468 e. The molecule has 2 heteroatoms. The molecule has 0 aliphatic heterocycles. The van der Waals surface area contributed by atoms with Crippen LogP contribution in [-0.2, 0) is 5.41 Å².